The second kappa shape index (κ2) is 8.63. The number of cyclic esters (lactones) is 1. The van der Waals surface area contributed by atoms with E-state index >= 15 is 0 Å². The van der Waals surface area contributed by atoms with E-state index < -0.39 is 12.1 Å². The van der Waals surface area contributed by atoms with Crippen molar-refractivity contribution in [2.24, 2.45) is 5.41 Å². The summed E-state index contributed by atoms with van der Waals surface area (Å²) in [5.41, 5.74) is 1.21. The zero-order valence-corrected chi connectivity index (χ0v) is 15.2. The van der Waals surface area contributed by atoms with E-state index in [1.54, 1.807) is 12.4 Å². The molecule has 0 aliphatic carbocycles. The van der Waals surface area contributed by atoms with Crippen LogP contribution < -0.4 is 10.6 Å². The second-order valence-corrected chi connectivity index (χ2v) is 6.83. The van der Waals surface area contributed by atoms with Gasteiger partial charge in [0.05, 0.1) is 17.5 Å². The van der Waals surface area contributed by atoms with Crippen molar-refractivity contribution in [3.05, 3.63) is 23.5 Å². The van der Waals surface area contributed by atoms with E-state index in [1.165, 1.54) is 0 Å². The number of carboxylic acids is 1. The highest BCUT2D eigenvalue weighted by Crippen LogP contribution is 2.41. The Labute approximate surface area is 158 Å². The van der Waals surface area contributed by atoms with E-state index in [0.29, 0.717) is 18.5 Å². The predicted octanol–water partition coefficient (Wildman–Crippen LogP) is 1.37. The van der Waals surface area contributed by atoms with Crippen molar-refractivity contribution in [3.63, 3.8) is 0 Å². The number of hydrogen-bond donors (Lipinski definition) is 4. The number of amides is 1. The van der Waals surface area contributed by atoms with Crippen molar-refractivity contribution in [1.29, 1.82) is 0 Å². The molecule has 0 radical (unpaired) electrons. The fourth-order valence-electron chi connectivity index (χ4n) is 3.25. The molecule has 2 fully saturated rings. The van der Waals surface area contributed by atoms with Crippen molar-refractivity contribution in [1.82, 2.24) is 15.6 Å². The maximum Gasteiger partial charge on any atom is 0.490 e. The van der Waals surface area contributed by atoms with Gasteiger partial charge in [-0.05, 0) is 38.4 Å². The summed E-state index contributed by atoms with van der Waals surface area (Å²) in [7, 11) is 0. The zero-order chi connectivity index (χ0) is 20.9. The first kappa shape index (κ1) is 21.7. The minimum Gasteiger partial charge on any atom is -0.475 e. The lowest BCUT2D eigenvalue weighted by Crippen LogP contribution is -2.39. The number of piperidine rings is 1. The molecule has 11 heteroatoms. The Balaban J connectivity index is 0.000000345. The number of aromatic nitrogens is 1. The van der Waals surface area contributed by atoms with Crippen LogP contribution in [0.1, 0.15) is 35.2 Å². The summed E-state index contributed by atoms with van der Waals surface area (Å²) in [6, 6.07) is 0. The Hall–Kier alpha value is -2.56. The molecule has 2 saturated heterocycles. The summed E-state index contributed by atoms with van der Waals surface area (Å²) < 4.78 is 37.2. The number of halogens is 3. The molecule has 0 bridgehead atoms. The highest BCUT2D eigenvalue weighted by atomic mass is 19.4. The van der Waals surface area contributed by atoms with Gasteiger partial charge >= 0.3 is 18.1 Å². The van der Waals surface area contributed by atoms with Crippen molar-refractivity contribution in [2.75, 3.05) is 19.6 Å². The van der Waals surface area contributed by atoms with Gasteiger partial charge in [0.15, 0.2) is 0 Å². The Kier molecular flexibility index (Phi) is 6.70. The van der Waals surface area contributed by atoms with Gasteiger partial charge in [0.1, 0.15) is 6.10 Å². The summed E-state index contributed by atoms with van der Waals surface area (Å²) >= 11 is 0. The molecular weight excluding hydrogens is 383 g/mol. The summed E-state index contributed by atoms with van der Waals surface area (Å²) in [6.45, 7) is 3.98. The summed E-state index contributed by atoms with van der Waals surface area (Å²) in [4.78, 5) is 36.0. The SMILES string of the molecule is Cc1c[nH]cc1C(=O)NCC1CC2(CCNCC2)C(=O)O1.O=C(O)C(F)(F)F. The zero-order valence-electron chi connectivity index (χ0n) is 15.2. The van der Waals surface area contributed by atoms with Crippen LogP contribution in [0.2, 0.25) is 0 Å². The van der Waals surface area contributed by atoms with Crippen molar-refractivity contribution in [2.45, 2.75) is 38.5 Å². The minimum absolute atomic E-state index is 0.0962. The number of carbonyl (C=O) groups excluding carboxylic acids is 2. The lowest BCUT2D eigenvalue weighted by molar-refractivity contribution is -0.192. The van der Waals surface area contributed by atoms with Crippen LogP contribution in [0.5, 0.6) is 0 Å². The minimum atomic E-state index is -5.08. The Morgan fingerprint density at radius 1 is 1.32 bits per heavy atom. The van der Waals surface area contributed by atoms with Gasteiger partial charge in [0.25, 0.3) is 5.91 Å². The van der Waals surface area contributed by atoms with Gasteiger partial charge in [0.2, 0.25) is 0 Å². The number of aliphatic carboxylic acids is 1. The molecule has 8 nitrogen and oxygen atoms in total. The molecule has 156 valence electrons. The molecule has 3 rings (SSSR count). The van der Waals surface area contributed by atoms with Gasteiger partial charge in [0, 0.05) is 18.8 Å². The van der Waals surface area contributed by atoms with Gasteiger partial charge in [-0.3, -0.25) is 9.59 Å². The van der Waals surface area contributed by atoms with Crippen LogP contribution >= 0.6 is 0 Å². The van der Waals surface area contributed by atoms with Crippen LogP contribution in [0.15, 0.2) is 12.4 Å². The maximum absolute atomic E-state index is 12.1. The van der Waals surface area contributed by atoms with Gasteiger partial charge in [-0.25, -0.2) is 4.79 Å². The molecular formula is C17H22F3N3O5. The van der Waals surface area contributed by atoms with Crippen LogP contribution in [0.3, 0.4) is 0 Å². The number of nitrogens with one attached hydrogen (secondary N) is 3. The fourth-order valence-corrected chi connectivity index (χ4v) is 3.25. The average Bonchev–Trinajstić information content (AvgIpc) is 3.17. The highest BCUT2D eigenvalue weighted by molar-refractivity contribution is 5.95. The molecule has 1 unspecified atom stereocenters. The predicted molar refractivity (Wildman–Crippen MR) is 90.6 cm³/mol. The van der Waals surface area contributed by atoms with Crippen molar-refractivity contribution in [3.8, 4) is 0 Å². The van der Waals surface area contributed by atoms with E-state index in [9.17, 15) is 22.8 Å². The smallest absolute Gasteiger partial charge is 0.475 e. The van der Waals surface area contributed by atoms with E-state index in [-0.39, 0.29) is 23.4 Å². The van der Waals surface area contributed by atoms with Gasteiger partial charge < -0.3 is 25.5 Å². The molecule has 1 atom stereocenters. The molecule has 1 spiro atoms. The molecule has 28 heavy (non-hydrogen) atoms. The topological polar surface area (TPSA) is 121 Å². The molecule has 2 aliphatic heterocycles. The Bertz CT molecular complexity index is 726. The van der Waals surface area contributed by atoms with E-state index in [2.05, 4.69) is 15.6 Å². The quantitative estimate of drug-likeness (QED) is 0.564. The Morgan fingerprint density at radius 3 is 2.43 bits per heavy atom. The van der Waals surface area contributed by atoms with Gasteiger partial charge in [-0.2, -0.15) is 13.2 Å². The first-order chi connectivity index (χ1) is 13.0. The number of rotatable bonds is 3. The molecule has 0 aromatic carbocycles. The summed E-state index contributed by atoms with van der Waals surface area (Å²) in [6.07, 6.45) is 0.535. The number of carboxylic acid groups (broad SMARTS) is 1. The standard InChI is InChI=1S/C15H21N3O3.C2HF3O2/c1-10-7-17-9-12(10)13(19)18-8-11-6-15(14(20)21-11)2-4-16-5-3-15;3-2(4,5)1(6)7/h7,9,11,16-17H,2-6,8H2,1H3,(H,18,19);(H,6,7). The first-order valence-corrected chi connectivity index (χ1v) is 8.69. The van der Waals surface area contributed by atoms with E-state index in [0.717, 1.165) is 31.5 Å². The third-order valence-electron chi connectivity index (χ3n) is 4.82. The third-order valence-corrected chi connectivity index (χ3v) is 4.82. The largest absolute Gasteiger partial charge is 0.490 e. The van der Waals surface area contributed by atoms with Crippen LogP contribution in [0, 0.1) is 12.3 Å². The number of H-pyrrole nitrogens is 1. The number of aromatic amines is 1. The molecule has 3 heterocycles. The lowest BCUT2D eigenvalue weighted by atomic mass is 9.76. The molecule has 1 aromatic heterocycles. The van der Waals surface area contributed by atoms with E-state index in [4.69, 9.17) is 14.6 Å². The summed E-state index contributed by atoms with van der Waals surface area (Å²) in [5.74, 6) is -2.98. The normalized spacial score (nSPS) is 20.9. The van der Waals surface area contributed by atoms with Crippen LogP contribution in [-0.2, 0) is 14.3 Å². The fraction of sp³-hybridized carbons (Fsp3) is 0.588. The van der Waals surface area contributed by atoms with Crippen LogP contribution in [-0.4, -0.2) is 59.9 Å². The lowest BCUT2D eigenvalue weighted by Gasteiger charge is -2.29. The summed E-state index contributed by atoms with van der Waals surface area (Å²) in [5, 5.41) is 13.2. The number of alkyl halides is 3. The van der Waals surface area contributed by atoms with Crippen molar-refractivity contribution < 1.29 is 37.4 Å². The average molecular weight is 405 g/mol. The van der Waals surface area contributed by atoms with Crippen LogP contribution in [0.4, 0.5) is 13.2 Å². The number of aryl methyl sites for hydroxylation is 1. The highest BCUT2D eigenvalue weighted by Gasteiger charge is 2.49. The first-order valence-electron chi connectivity index (χ1n) is 8.69. The van der Waals surface area contributed by atoms with Gasteiger partial charge in [-0.1, -0.05) is 0 Å². The second-order valence-electron chi connectivity index (χ2n) is 6.83. The third kappa shape index (κ3) is 5.24. The number of carbonyl (C=O) groups is 3. The van der Waals surface area contributed by atoms with E-state index in [1.807, 2.05) is 6.92 Å². The maximum atomic E-state index is 12.1. The number of ether oxygens (including phenoxy) is 1. The van der Waals surface area contributed by atoms with Crippen molar-refractivity contribution >= 4 is 17.8 Å². The van der Waals surface area contributed by atoms with Crippen LogP contribution in [0.25, 0.3) is 0 Å². The molecule has 1 aromatic rings. The molecule has 4 N–H and O–H groups in total. The molecule has 1 amide bonds. The number of esters is 1. The number of hydrogen-bond acceptors (Lipinski definition) is 5. The molecule has 0 saturated carbocycles. The Morgan fingerprint density at radius 2 is 1.93 bits per heavy atom. The van der Waals surface area contributed by atoms with Gasteiger partial charge in [-0.15, -0.1) is 0 Å². The monoisotopic (exact) mass is 405 g/mol. The molecule has 2 aliphatic rings.